The van der Waals surface area contributed by atoms with Crippen molar-refractivity contribution in [2.45, 2.75) is 30.8 Å². The number of hydrogen-bond donors (Lipinski definition) is 1. The van der Waals surface area contributed by atoms with Crippen LogP contribution >= 0.6 is 11.8 Å². The Kier molecular flexibility index (Phi) is 5.62. The monoisotopic (exact) mass is 371 g/mol. The van der Waals surface area contributed by atoms with Crippen LogP contribution in [0.15, 0.2) is 53.9 Å². The summed E-state index contributed by atoms with van der Waals surface area (Å²) in [6.07, 6.45) is 3.39. The average molecular weight is 371 g/mol. The highest BCUT2D eigenvalue weighted by Crippen LogP contribution is 2.27. The number of nitrogens with zero attached hydrogens (tertiary/aromatic N) is 4. The van der Waals surface area contributed by atoms with E-state index < -0.39 is 11.1 Å². The molecule has 3 aromatic rings. The van der Waals surface area contributed by atoms with Gasteiger partial charge < -0.3 is 9.88 Å². The number of rotatable bonds is 6. The van der Waals surface area contributed by atoms with Crippen molar-refractivity contribution in [2.75, 3.05) is 5.32 Å². The van der Waals surface area contributed by atoms with Gasteiger partial charge in [-0.05, 0) is 38.1 Å². The maximum atomic E-state index is 13.7. The van der Waals surface area contributed by atoms with Crippen molar-refractivity contribution < 1.29 is 9.18 Å². The molecule has 0 radical (unpaired) electrons. The first-order valence-electron chi connectivity index (χ1n) is 8.15. The first-order valence-corrected chi connectivity index (χ1v) is 9.03. The van der Waals surface area contributed by atoms with Gasteiger partial charge in [0.1, 0.15) is 5.82 Å². The molecule has 1 atom stereocenters. The number of carbonyl (C=O) groups is 1. The first kappa shape index (κ1) is 18.1. The Hall–Kier alpha value is -2.74. The number of benzene rings is 1. The van der Waals surface area contributed by atoms with Gasteiger partial charge in [0.25, 0.3) is 0 Å². The highest BCUT2D eigenvalue weighted by atomic mass is 32.2. The summed E-state index contributed by atoms with van der Waals surface area (Å²) in [5.74, 6) is -0.0370. The van der Waals surface area contributed by atoms with Crippen LogP contribution in [-0.4, -0.2) is 30.9 Å². The van der Waals surface area contributed by atoms with Gasteiger partial charge in [-0.15, -0.1) is 10.2 Å². The number of para-hydroxylation sites is 1. The summed E-state index contributed by atoms with van der Waals surface area (Å²) in [6, 6.07) is 9.81. The molecule has 0 bridgehead atoms. The molecule has 0 spiro atoms. The van der Waals surface area contributed by atoms with Crippen molar-refractivity contribution in [1.82, 2.24) is 19.7 Å². The summed E-state index contributed by atoms with van der Waals surface area (Å²) in [6.45, 7) is 4.40. The number of nitrogens with one attached hydrogen (secondary N) is 1. The molecule has 0 fully saturated rings. The molecule has 134 valence electrons. The van der Waals surface area contributed by atoms with Crippen LogP contribution in [0.2, 0.25) is 0 Å². The smallest absolute Gasteiger partial charge is 0.237 e. The fraction of sp³-hybridized carbons (Fsp3) is 0.222. The van der Waals surface area contributed by atoms with Crippen molar-refractivity contribution in [2.24, 2.45) is 0 Å². The molecule has 1 amide bonds. The van der Waals surface area contributed by atoms with E-state index in [-0.39, 0.29) is 11.6 Å². The number of pyridine rings is 1. The number of halogens is 1. The van der Waals surface area contributed by atoms with E-state index in [0.29, 0.717) is 11.7 Å². The standard InChI is InChI=1S/C18H18FN5OS/c1-3-24-16(13-8-10-20-11-9-13)22-23-18(24)26-12(2)17(25)21-15-7-5-4-6-14(15)19/h4-12H,3H2,1-2H3,(H,21,25)/t12-/m1/s1. The number of aromatic nitrogens is 4. The number of anilines is 1. The molecule has 0 aliphatic heterocycles. The number of carbonyl (C=O) groups excluding carboxylic acids is 1. The lowest BCUT2D eigenvalue weighted by atomic mass is 10.2. The summed E-state index contributed by atoms with van der Waals surface area (Å²) in [5, 5.41) is 11.2. The van der Waals surface area contributed by atoms with Crippen LogP contribution in [0.4, 0.5) is 10.1 Å². The molecule has 8 heteroatoms. The van der Waals surface area contributed by atoms with Gasteiger partial charge >= 0.3 is 0 Å². The Morgan fingerprint density at radius 3 is 2.65 bits per heavy atom. The Bertz CT molecular complexity index is 900. The molecule has 2 aromatic heterocycles. The first-order chi connectivity index (χ1) is 12.6. The largest absolute Gasteiger partial charge is 0.323 e. The second kappa shape index (κ2) is 8.09. The zero-order valence-electron chi connectivity index (χ0n) is 14.4. The van der Waals surface area contributed by atoms with Crippen LogP contribution in [0.25, 0.3) is 11.4 Å². The Morgan fingerprint density at radius 2 is 1.96 bits per heavy atom. The molecule has 3 rings (SSSR count). The highest BCUT2D eigenvalue weighted by molar-refractivity contribution is 8.00. The average Bonchev–Trinajstić information content (AvgIpc) is 3.06. The quantitative estimate of drug-likeness (QED) is 0.670. The fourth-order valence-corrected chi connectivity index (χ4v) is 3.30. The van der Waals surface area contributed by atoms with Gasteiger partial charge in [-0.3, -0.25) is 9.78 Å². The fourth-order valence-electron chi connectivity index (χ4n) is 2.38. The van der Waals surface area contributed by atoms with Gasteiger partial charge in [-0.25, -0.2) is 4.39 Å². The molecule has 26 heavy (non-hydrogen) atoms. The normalized spacial score (nSPS) is 12.0. The number of amides is 1. The molecule has 0 unspecified atom stereocenters. The van der Waals surface area contributed by atoms with Gasteiger partial charge in [0, 0.05) is 24.5 Å². The van der Waals surface area contributed by atoms with Crippen LogP contribution in [0.1, 0.15) is 13.8 Å². The van der Waals surface area contributed by atoms with E-state index in [1.807, 2.05) is 23.6 Å². The minimum absolute atomic E-state index is 0.166. The van der Waals surface area contributed by atoms with Crippen LogP contribution in [0.3, 0.4) is 0 Å². The van der Waals surface area contributed by atoms with Crippen molar-refractivity contribution in [3.05, 3.63) is 54.6 Å². The molecule has 1 N–H and O–H groups in total. The minimum atomic E-state index is -0.464. The molecule has 0 aliphatic rings. The van der Waals surface area contributed by atoms with E-state index in [0.717, 1.165) is 11.4 Å². The molecular weight excluding hydrogens is 353 g/mol. The second-order valence-electron chi connectivity index (χ2n) is 5.52. The lowest BCUT2D eigenvalue weighted by molar-refractivity contribution is -0.115. The predicted octanol–water partition coefficient (Wildman–Crippen LogP) is 3.62. The lowest BCUT2D eigenvalue weighted by Crippen LogP contribution is -2.23. The van der Waals surface area contributed by atoms with Gasteiger partial charge in [0.2, 0.25) is 5.91 Å². The molecular formula is C18H18FN5OS. The van der Waals surface area contributed by atoms with Crippen molar-refractivity contribution in [1.29, 1.82) is 0 Å². The maximum Gasteiger partial charge on any atom is 0.237 e. The zero-order valence-corrected chi connectivity index (χ0v) is 15.2. The molecule has 0 aliphatic carbocycles. The van der Waals surface area contributed by atoms with E-state index in [4.69, 9.17) is 0 Å². The summed E-state index contributed by atoms with van der Waals surface area (Å²) in [4.78, 5) is 16.4. The topological polar surface area (TPSA) is 72.7 Å². The highest BCUT2D eigenvalue weighted by Gasteiger charge is 2.21. The Morgan fingerprint density at radius 1 is 1.23 bits per heavy atom. The molecule has 1 aromatic carbocycles. The van der Waals surface area contributed by atoms with Crippen molar-refractivity contribution in [3.63, 3.8) is 0 Å². The molecule has 6 nitrogen and oxygen atoms in total. The summed E-state index contributed by atoms with van der Waals surface area (Å²) >= 11 is 1.28. The van der Waals surface area contributed by atoms with Crippen molar-refractivity contribution >= 4 is 23.4 Å². The van der Waals surface area contributed by atoms with Gasteiger partial charge in [0.15, 0.2) is 11.0 Å². The molecule has 0 saturated carbocycles. The minimum Gasteiger partial charge on any atom is -0.323 e. The van der Waals surface area contributed by atoms with E-state index in [9.17, 15) is 9.18 Å². The summed E-state index contributed by atoms with van der Waals surface area (Å²) in [7, 11) is 0. The Labute approximate surface area is 154 Å². The third-order valence-electron chi connectivity index (χ3n) is 3.75. The van der Waals surface area contributed by atoms with E-state index >= 15 is 0 Å². The molecule has 2 heterocycles. The van der Waals surface area contributed by atoms with Gasteiger partial charge in [0.05, 0.1) is 10.9 Å². The SMILES string of the molecule is CCn1c(S[C@H](C)C(=O)Nc2ccccc2F)nnc1-c1ccncc1. The second-order valence-corrected chi connectivity index (χ2v) is 6.82. The third-order valence-corrected chi connectivity index (χ3v) is 4.84. The van der Waals surface area contributed by atoms with Gasteiger partial charge in [-0.1, -0.05) is 23.9 Å². The van der Waals surface area contributed by atoms with Gasteiger partial charge in [-0.2, -0.15) is 0 Å². The summed E-state index contributed by atoms with van der Waals surface area (Å²) in [5.41, 5.74) is 1.07. The summed E-state index contributed by atoms with van der Waals surface area (Å²) < 4.78 is 15.6. The third kappa shape index (κ3) is 3.91. The van der Waals surface area contributed by atoms with E-state index in [2.05, 4.69) is 20.5 Å². The van der Waals surface area contributed by atoms with Crippen LogP contribution < -0.4 is 5.32 Å². The predicted molar refractivity (Wildman–Crippen MR) is 99.3 cm³/mol. The van der Waals surface area contributed by atoms with Crippen molar-refractivity contribution in [3.8, 4) is 11.4 Å². The maximum absolute atomic E-state index is 13.7. The zero-order chi connectivity index (χ0) is 18.5. The Balaban J connectivity index is 1.75. The lowest BCUT2D eigenvalue weighted by Gasteiger charge is -2.13. The molecule has 0 saturated heterocycles. The van der Waals surface area contributed by atoms with Crippen LogP contribution in [-0.2, 0) is 11.3 Å². The van der Waals surface area contributed by atoms with Crippen LogP contribution in [0.5, 0.6) is 0 Å². The van der Waals surface area contributed by atoms with E-state index in [1.54, 1.807) is 31.5 Å². The number of hydrogen-bond acceptors (Lipinski definition) is 5. The number of thioether (sulfide) groups is 1. The van der Waals surface area contributed by atoms with E-state index in [1.165, 1.54) is 23.9 Å². The van der Waals surface area contributed by atoms with Crippen LogP contribution in [0, 0.1) is 5.82 Å².